The summed E-state index contributed by atoms with van der Waals surface area (Å²) in [5.74, 6) is -3.70. The van der Waals surface area contributed by atoms with Gasteiger partial charge in [0.2, 0.25) is 5.91 Å². The molecule has 3 aromatic rings. The Morgan fingerprint density at radius 2 is 1.28 bits per heavy atom. The third kappa shape index (κ3) is 6.57. The Hall–Kier alpha value is -4.44. The Kier molecular flexibility index (Phi) is 8.23. The number of nitrogens with one attached hydrogen (secondary N) is 2. The lowest BCUT2D eigenvalue weighted by Crippen LogP contribution is -2.22. The maximum absolute atomic E-state index is 12.6. The number of aromatic carboxylic acids is 2. The second kappa shape index (κ2) is 11.3. The number of rotatable bonds is 9. The minimum atomic E-state index is -1.42. The first-order valence-electron chi connectivity index (χ1n) is 10.7. The van der Waals surface area contributed by atoms with Gasteiger partial charge >= 0.3 is 11.9 Å². The number of hydrogen-bond acceptors (Lipinski definition) is 6. The minimum absolute atomic E-state index is 0.0603. The van der Waals surface area contributed by atoms with E-state index in [2.05, 4.69) is 10.6 Å². The van der Waals surface area contributed by atoms with Crippen molar-refractivity contribution < 1.29 is 34.2 Å². The van der Waals surface area contributed by atoms with E-state index in [1.165, 1.54) is 18.7 Å². The molecule has 0 aromatic heterocycles. The molecule has 2 amide bonds. The minimum Gasteiger partial charge on any atom is -0.478 e. The maximum atomic E-state index is 12.6. The second-order valence-electron chi connectivity index (χ2n) is 7.73. The number of hydrogen-bond donors (Lipinski definition) is 4. The number of benzene rings is 3. The van der Waals surface area contributed by atoms with E-state index in [1.807, 2.05) is 0 Å². The van der Waals surface area contributed by atoms with Gasteiger partial charge in [0, 0.05) is 21.8 Å². The van der Waals surface area contributed by atoms with Crippen molar-refractivity contribution in [3.8, 4) is 0 Å². The Morgan fingerprint density at radius 3 is 1.83 bits per heavy atom. The molecule has 0 aliphatic carbocycles. The van der Waals surface area contributed by atoms with Crippen molar-refractivity contribution in [2.24, 2.45) is 0 Å². The lowest BCUT2D eigenvalue weighted by Gasteiger charge is -2.13. The zero-order chi connectivity index (χ0) is 26.4. The van der Waals surface area contributed by atoms with Gasteiger partial charge in [-0.15, -0.1) is 11.8 Å². The predicted octanol–water partition coefficient (Wildman–Crippen LogP) is 4.66. The zero-order valence-corrected chi connectivity index (χ0v) is 20.1. The SMILES string of the molecule is CC(=O)c1ccc(NC(=O)C(C)Sc2ccc(NC(=O)c3ccc(C(=O)O)cc3C(=O)O)cc2)cc1. The van der Waals surface area contributed by atoms with Crippen molar-refractivity contribution >= 4 is 52.7 Å². The first-order valence-corrected chi connectivity index (χ1v) is 11.5. The van der Waals surface area contributed by atoms with Crippen LogP contribution in [0.2, 0.25) is 0 Å². The number of thioether (sulfide) groups is 1. The maximum Gasteiger partial charge on any atom is 0.336 e. The van der Waals surface area contributed by atoms with Crippen LogP contribution in [-0.2, 0) is 4.79 Å². The van der Waals surface area contributed by atoms with Crippen LogP contribution in [0.4, 0.5) is 11.4 Å². The Labute approximate surface area is 210 Å². The van der Waals surface area contributed by atoms with Crippen molar-refractivity contribution in [2.45, 2.75) is 24.0 Å². The quantitative estimate of drug-likeness (QED) is 0.242. The van der Waals surface area contributed by atoms with Gasteiger partial charge in [0.1, 0.15) is 0 Å². The monoisotopic (exact) mass is 506 g/mol. The molecule has 0 fully saturated rings. The van der Waals surface area contributed by atoms with Crippen LogP contribution in [-0.4, -0.2) is 45.0 Å². The van der Waals surface area contributed by atoms with Crippen molar-refractivity contribution in [2.75, 3.05) is 10.6 Å². The van der Waals surface area contributed by atoms with Gasteiger partial charge in [-0.25, -0.2) is 9.59 Å². The van der Waals surface area contributed by atoms with Crippen LogP contribution in [0.15, 0.2) is 71.6 Å². The van der Waals surface area contributed by atoms with Crippen molar-refractivity contribution in [1.29, 1.82) is 0 Å². The summed E-state index contributed by atoms with van der Waals surface area (Å²) < 4.78 is 0. The number of ketones is 1. The summed E-state index contributed by atoms with van der Waals surface area (Å²) in [4.78, 5) is 59.8. The molecule has 3 rings (SSSR count). The topological polar surface area (TPSA) is 150 Å². The highest BCUT2D eigenvalue weighted by Gasteiger charge is 2.20. The molecule has 10 heteroatoms. The molecule has 0 radical (unpaired) electrons. The van der Waals surface area contributed by atoms with Crippen molar-refractivity contribution in [1.82, 2.24) is 0 Å². The van der Waals surface area contributed by atoms with Gasteiger partial charge in [-0.2, -0.15) is 0 Å². The molecule has 4 N–H and O–H groups in total. The van der Waals surface area contributed by atoms with Gasteiger partial charge in [-0.1, -0.05) is 0 Å². The number of amides is 2. The number of carbonyl (C=O) groups is 5. The average molecular weight is 507 g/mol. The Bertz CT molecular complexity index is 1340. The molecular weight excluding hydrogens is 484 g/mol. The van der Waals surface area contributed by atoms with E-state index in [-0.39, 0.29) is 22.8 Å². The number of carbonyl (C=O) groups excluding carboxylic acids is 3. The lowest BCUT2D eigenvalue weighted by atomic mass is 10.0. The van der Waals surface area contributed by atoms with Crippen LogP contribution in [0, 0.1) is 0 Å². The fourth-order valence-corrected chi connectivity index (χ4v) is 4.02. The van der Waals surface area contributed by atoms with Crippen LogP contribution in [0.3, 0.4) is 0 Å². The molecule has 1 atom stereocenters. The largest absolute Gasteiger partial charge is 0.478 e. The highest BCUT2D eigenvalue weighted by Crippen LogP contribution is 2.26. The zero-order valence-electron chi connectivity index (χ0n) is 19.3. The third-order valence-electron chi connectivity index (χ3n) is 5.09. The Balaban J connectivity index is 1.62. The van der Waals surface area contributed by atoms with Crippen LogP contribution < -0.4 is 10.6 Å². The third-order valence-corrected chi connectivity index (χ3v) is 6.21. The molecule has 0 aliphatic rings. The van der Waals surface area contributed by atoms with Crippen LogP contribution >= 0.6 is 11.8 Å². The molecule has 0 aliphatic heterocycles. The summed E-state index contributed by atoms with van der Waals surface area (Å²) in [5.41, 5.74) is 0.692. The molecule has 0 bridgehead atoms. The smallest absolute Gasteiger partial charge is 0.336 e. The van der Waals surface area contributed by atoms with Crippen LogP contribution in [0.25, 0.3) is 0 Å². The normalized spacial score (nSPS) is 11.3. The molecule has 0 spiro atoms. The summed E-state index contributed by atoms with van der Waals surface area (Å²) >= 11 is 1.30. The highest BCUT2D eigenvalue weighted by molar-refractivity contribution is 8.00. The standard InChI is InChI=1S/C26H22N2O7S/c1-14(29)16-3-6-18(7-4-16)27-23(30)15(2)36-20-10-8-19(9-11-20)28-24(31)21-12-5-17(25(32)33)13-22(21)26(34)35/h3-13,15H,1-2H3,(H,27,30)(H,28,31)(H,32,33)(H,34,35). The Morgan fingerprint density at radius 1 is 0.722 bits per heavy atom. The number of anilines is 2. The van der Waals surface area contributed by atoms with E-state index in [4.69, 9.17) is 5.11 Å². The summed E-state index contributed by atoms with van der Waals surface area (Å²) in [6.45, 7) is 3.21. The molecule has 0 saturated carbocycles. The fourth-order valence-electron chi connectivity index (χ4n) is 3.16. The van der Waals surface area contributed by atoms with Gasteiger partial charge in [0.15, 0.2) is 5.78 Å². The van der Waals surface area contributed by atoms with Gasteiger partial charge in [0.05, 0.1) is 21.9 Å². The molecular formula is C26H22N2O7S. The van der Waals surface area contributed by atoms with Gasteiger partial charge < -0.3 is 20.8 Å². The molecule has 1 unspecified atom stereocenters. The first-order chi connectivity index (χ1) is 17.0. The van der Waals surface area contributed by atoms with E-state index in [0.717, 1.165) is 23.1 Å². The van der Waals surface area contributed by atoms with E-state index < -0.39 is 28.7 Å². The van der Waals surface area contributed by atoms with E-state index >= 15 is 0 Å². The molecule has 3 aromatic carbocycles. The molecule has 0 heterocycles. The molecule has 0 saturated heterocycles. The summed E-state index contributed by atoms with van der Waals surface area (Å²) in [6, 6.07) is 16.5. The van der Waals surface area contributed by atoms with Crippen LogP contribution in [0.1, 0.15) is 55.3 Å². The summed E-state index contributed by atoms with van der Waals surface area (Å²) in [6.07, 6.45) is 0. The lowest BCUT2D eigenvalue weighted by molar-refractivity contribution is -0.115. The van der Waals surface area contributed by atoms with Gasteiger partial charge in [-0.3, -0.25) is 14.4 Å². The van der Waals surface area contributed by atoms with Gasteiger partial charge in [0.25, 0.3) is 5.91 Å². The molecule has 9 nitrogen and oxygen atoms in total. The summed E-state index contributed by atoms with van der Waals surface area (Å²) in [5, 5.41) is 23.3. The predicted molar refractivity (Wildman–Crippen MR) is 135 cm³/mol. The average Bonchev–Trinajstić information content (AvgIpc) is 2.84. The van der Waals surface area contributed by atoms with E-state index in [0.29, 0.717) is 16.9 Å². The molecule has 184 valence electrons. The van der Waals surface area contributed by atoms with E-state index in [1.54, 1.807) is 55.5 Å². The first kappa shape index (κ1) is 26.2. The summed E-state index contributed by atoms with van der Waals surface area (Å²) in [7, 11) is 0. The fraction of sp³-hybridized carbons (Fsp3) is 0.115. The number of carboxylic acid groups (broad SMARTS) is 2. The van der Waals surface area contributed by atoms with Gasteiger partial charge in [-0.05, 0) is 80.6 Å². The number of carboxylic acids is 2. The van der Waals surface area contributed by atoms with E-state index in [9.17, 15) is 29.1 Å². The highest BCUT2D eigenvalue weighted by atomic mass is 32.2. The van der Waals surface area contributed by atoms with Crippen molar-refractivity contribution in [3.63, 3.8) is 0 Å². The number of Topliss-reactive ketones (excluding diaryl/α,β-unsaturated/α-hetero) is 1. The molecule has 36 heavy (non-hydrogen) atoms. The van der Waals surface area contributed by atoms with Crippen molar-refractivity contribution in [3.05, 3.63) is 89.0 Å². The van der Waals surface area contributed by atoms with Crippen LogP contribution in [0.5, 0.6) is 0 Å². The second-order valence-corrected chi connectivity index (χ2v) is 9.15.